The van der Waals surface area contributed by atoms with Crippen molar-refractivity contribution in [3.63, 3.8) is 0 Å². The van der Waals surface area contributed by atoms with Gasteiger partial charge in [0.2, 0.25) is 0 Å². The van der Waals surface area contributed by atoms with E-state index in [9.17, 15) is 36.3 Å². The lowest BCUT2D eigenvalue weighted by Gasteiger charge is -2.15. The van der Waals surface area contributed by atoms with Gasteiger partial charge in [-0.05, 0) is 43.3 Å². The molecule has 37 heavy (non-hydrogen) atoms. The highest BCUT2D eigenvalue weighted by molar-refractivity contribution is 7.20. The fourth-order valence-electron chi connectivity index (χ4n) is 3.55. The Balaban J connectivity index is 1.89. The van der Waals surface area contributed by atoms with Crippen molar-refractivity contribution in [1.82, 2.24) is 9.88 Å². The topological polar surface area (TPSA) is 77.4 Å². The molecule has 0 saturated carbocycles. The Labute approximate surface area is 209 Å². The molecule has 2 aromatic heterocycles. The summed E-state index contributed by atoms with van der Waals surface area (Å²) in [4.78, 5) is 37.1. The quantitative estimate of drug-likeness (QED) is 0.249. The van der Waals surface area contributed by atoms with Crippen LogP contribution in [0.3, 0.4) is 0 Å². The number of rotatable bonds is 6. The molecule has 6 nitrogen and oxygen atoms in total. The Morgan fingerprint density at radius 2 is 1.73 bits per heavy atom. The van der Waals surface area contributed by atoms with Gasteiger partial charge in [0.05, 0.1) is 4.88 Å². The maximum Gasteiger partial charge on any atom is 0.405 e. The van der Waals surface area contributed by atoms with Gasteiger partial charge in [0.1, 0.15) is 22.8 Å². The minimum absolute atomic E-state index is 0.0460. The van der Waals surface area contributed by atoms with Gasteiger partial charge in [0.25, 0.3) is 11.5 Å². The fraction of sp³-hybridized carbons (Fsp3) is 0.160. The van der Waals surface area contributed by atoms with Gasteiger partial charge in [-0.25, -0.2) is 8.78 Å². The van der Waals surface area contributed by atoms with E-state index in [2.05, 4.69) is 0 Å². The molecule has 2 heterocycles. The second-order valence-electron chi connectivity index (χ2n) is 8.05. The molecule has 0 fully saturated rings. The zero-order valence-electron chi connectivity index (χ0n) is 19.2. The highest BCUT2D eigenvalue weighted by Crippen LogP contribution is 2.40. The number of carbonyl (C=O) groups is 2. The molecule has 0 radical (unpaired) electrons. The van der Waals surface area contributed by atoms with Crippen LogP contribution in [0.15, 0.2) is 53.5 Å². The largest absolute Gasteiger partial charge is 0.454 e. The maximum absolute atomic E-state index is 14.3. The van der Waals surface area contributed by atoms with Gasteiger partial charge in [0, 0.05) is 41.4 Å². The van der Waals surface area contributed by atoms with E-state index in [0.29, 0.717) is 23.0 Å². The molecule has 4 rings (SSSR count). The Hall–Kier alpha value is -4.06. The number of ether oxygens (including phenoxy) is 1. The first-order valence-corrected chi connectivity index (χ1v) is 11.4. The van der Waals surface area contributed by atoms with Crippen LogP contribution in [0.1, 0.15) is 27.0 Å². The van der Waals surface area contributed by atoms with Gasteiger partial charge >= 0.3 is 6.18 Å². The molecule has 0 aliphatic carbocycles. The van der Waals surface area contributed by atoms with Crippen molar-refractivity contribution >= 4 is 33.1 Å². The second kappa shape index (κ2) is 9.77. The molecule has 192 valence electrons. The van der Waals surface area contributed by atoms with Crippen molar-refractivity contribution < 1.29 is 36.3 Å². The number of hydrogen-bond acceptors (Lipinski definition) is 5. The normalized spacial score (nSPS) is 11.5. The Bertz CT molecular complexity index is 1610. The molecule has 0 spiro atoms. The molecule has 0 aliphatic rings. The summed E-state index contributed by atoms with van der Waals surface area (Å²) in [6, 6.07) is 8.26. The van der Waals surface area contributed by atoms with E-state index in [1.807, 2.05) is 0 Å². The Morgan fingerprint density at radius 3 is 2.38 bits per heavy atom. The minimum Gasteiger partial charge on any atom is -0.454 e. The van der Waals surface area contributed by atoms with E-state index in [0.717, 1.165) is 12.1 Å². The number of alkyl halides is 3. The van der Waals surface area contributed by atoms with Crippen molar-refractivity contribution in [1.29, 1.82) is 0 Å². The smallest absolute Gasteiger partial charge is 0.405 e. The van der Waals surface area contributed by atoms with Crippen LogP contribution in [0.2, 0.25) is 0 Å². The van der Waals surface area contributed by atoms with Gasteiger partial charge in [-0.2, -0.15) is 13.2 Å². The van der Waals surface area contributed by atoms with Gasteiger partial charge in [-0.1, -0.05) is 0 Å². The number of halogens is 5. The predicted molar refractivity (Wildman–Crippen MR) is 127 cm³/mol. The van der Waals surface area contributed by atoms with Crippen molar-refractivity contribution in [2.45, 2.75) is 13.1 Å². The lowest BCUT2D eigenvalue weighted by Crippen LogP contribution is -2.33. The molecule has 0 aliphatic heterocycles. The van der Waals surface area contributed by atoms with Crippen LogP contribution in [0.5, 0.6) is 11.5 Å². The molecule has 2 aromatic carbocycles. The minimum atomic E-state index is -4.62. The van der Waals surface area contributed by atoms with E-state index >= 15 is 0 Å². The molecular weight excluding hydrogens is 519 g/mol. The SMILES string of the molecule is CC(=O)c1ccc(Oc2ccc(F)cc2F)c(-c2cn(C)c(=O)c3sc(C(=O)NCC(F)(F)F)cc23)c1. The number of fused-ring (bicyclic) bond motifs is 1. The summed E-state index contributed by atoms with van der Waals surface area (Å²) < 4.78 is 72.3. The average Bonchev–Trinajstić information content (AvgIpc) is 3.27. The lowest BCUT2D eigenvalue weighted by atomic mass is 9.99. The summed E-state index contributed by atoms with van der Waals surface area (Å²) >= 11 is 0.708. The number of Topliss-reactive ketones (excluding diaryl/α,β-unsaturated/α-hetero) is 1. The summed E-state index contributed by atoms with van der Waals surface area (Å²) in [5.74, 6) is -3.38. The first-order valence-electron chi connectivity index (χ1n) is 10.6. The first kappa shape index (κ1) is 26.0. The van der Waals surface area contributed by atoms with Crippen LogP contribution < -0.4 is 15.6 Å². The molecule has 4 aromatic rings. The number of nitrogens with one attached hydrogen (secondary N) is 1. The second-order valence-corrected chi connectivity index (χ2v) is 9.11. The molecule has 0 bridgehead atoms. The number of benzene rings is 2. The molecule has 12 heteroatoms. The summed E-state index contributed by atoms with van der Waals surface area (Å²) in [5, 5.41) is 1.99. The van der Waals surface area contributed by atoms with Crippen molar-refractivity contribution in [2.75, 3.05) is 6.54 Å². The maximum atomic E-state index is 14.3. The lowest BCUT2D eigenvalue weighted by molar-refractivity contribution is -0.123. The third kappa shape index (κ3) is 5.53. The monoisotopic (exact) mass is 536 g/mol. The summed E-state index contributed by atoms with van der Waals surface area (Å²) in [7, 11) is 1.43. The third-order valence-corrected chi connectivity index (χ3v) is 6.44. The highest BCUT2D eigenvalue weighted by atomic mass is 32.1. The molecule has 0 unspecified atom stereocenters. The number of aryl methyl sites for hydroxylation is 1. The summed E-state index contributed by atoms with van der Waals surface area (Å²) in [6.45, 7) is -0.226. The van der Waals surface area contributed by atoms with Gasteiger partial charge in [-0.15, -0.1) is 11.3 Å². The van der Waals surface area contributed by atoms with Crippen LogP contribution >= 0.6 is 11.3 Å². The Kier molecular flexibility index (Phi) is 6.87. The number of aromatic nitrogens is 1. The van der Waals surface area contributed by atoms with Crippen molar-refractivity contribution in [2.24, 2.45) is 7.05 Å². The molecular formula is C25H17F5N2O4S. The number of carbonyl (C=O) groups excluding carboxylic acids is 2. The number of nitrogens with zero attached hydrogens (tertiary/aromatic N) is 1. The summed E-state index contributed by atoms with van der Waals surface area (Å²) in [5.41, 5.74) is 0.275. The predicted octanol–water partition coefficient (Wildman–Crippen LogP) is 5.83. The van der Waals surface area contributed by atoms with E-state index in [1.54, 1.807) is 5.32 Å². The number of thiophene rings is 1. The Morgan fingerprint density at radius 1 is 1.03 bits per heavy atom. The molecule has 0 atom stereocenters. The van der Waals surface area contributed by atoms with E-state index < -0.39 is 35.8 Å². The number of hydrogen-bond donors (Lipinski definition) is 1. The van der Waals surface area contributed by atoms with Crippen LogP contribution in [-0.4, -0.2) is 29.0 Å². The first-order chi connectivity index (χ1) is 17.3. The average molecular weight is 536 g/mol. The van der Waals surface area contributed by atoms with Crippen LogP contribution in [0.25, 0.3) is 21.2 Å². The van der Waals surface area contributed by atoms with Crippen molar-refractivity contribution in [3.05, 3.63) is 81.1 Å². The highest BCUT2D eigenvalue weighted by Gasteiger charge is 2.28. The van der Waals surface area contributed by atoms with Gasteiger partial charge in [0.15, 0.2) is 17.3 Å². The standard InChI is InChI=1S/C25H17F5N2O4S/c1-12(33)13-3-5-19(36-20-6-4-14(26)8-18(20)27)15(7-13)17-10-32(2)24(35)22-16(17)9-21(37-22)23(34)31-11-25(28,29)30/h3-10H,11H2,1-2H3,(H,31,34). The zero-order valence-corrected chi connectivity index (χ0v) is 20.0. The molecule has 1 amide bonds. The van der Waals surface area contributed by atoms with Crippen molar-refractivity contribution in [3.8, 4) is 22.6 Å². The third-order valence-electron chi connectivity index (χ3n) is 5.32. The number of ketones is 1. The fourth-order valence-corrected chi connectivity index (χ4v) is 4.62. The van der Waals surface area contributed by atoms with Gasteiger partial charge < -0.3 is 14.6 Å². The van der Waals surface area contributed by atoms with Crippen LogP contribution in [0, 0.1) is 11.6 Å². The van der Waals surface area contributed by atoms with E-state index in [4.69, 9.17) is 4.74 Å². The summed E-state index contributed by atoms with van der Waals surface area (Å²) in [6.07, 6.45) is -3.22. The zero-order chi connectivity index (χ0) is 27.1. The molecule has 1 N–H and O–H groups in total. The van der Waals surface area contributed by atoms with E-state index in [-0.39, 0.29) is 43.4 Å². The van der Waals surface area contributed by atoms with Gasteiger partial charge in [-0.3, -0.25) is 14.4 Å². The van der Waals surface area contributed by atoms with Crippen LogP contribution in [0.4, 0.5) is 22.0 Å². The van der Waals surface area contributed by atoms with E-state index in [1.165, 1.54) is 49.0 Å². The van der Waals surface area contributed by atoms with Crippen LogP contribution in [-0.2, 0) is 7.05 Å². The molecule has 0 saturated heterocycles. The number of amides is 1. The number of pyridine rings is 1.